The minimum atomic E-state index is -3.92. The minimum Gasteiger partial charge on any atom is -0.478 e. The highest BCUT2D eigenvalue weighted by molar-refractivity contribution is 7.89. The van der Waals surface area contributed by atoms with E-state index < -0.39 is 27.4 Å². The number of nitrogens with one attached hydrogen (secondary N) is 1. The van der Waals surface area contributed by atoms with E-state index in [9.17, 15) is 17.6 Å². The Morgan fingerprint density at radius 3 is 2.67 bits per heavy atom. The van der Waals surface area contributed by atoms with Gasteiger partial charge in [-0.15, -0.1) is 0 Å². The van der Waals surface area contributed by atoms with Crippen molar-refractivity contribution < 1.29 is 32.2 Å². The van der Waals surface area contributed by atoms with Crippen LogP contribution in [-0.2, 0) is 19.5 Å². The lowest BCUT2D eigenvalue weighted by atomic mass is 10.2. The van der Waals surface area contributed by atoms with Gasteiger partial charge in [0.25, 0.3) is 0 Å². The summed E-state index contributed by atoms with van der Waals surface area (Å²) in [5.74, 6) is -2.53. The number of methoxy groups -OCH3 is 1. The maximum atomic E-state index is 13.2. The summed E-state index contributed by atoms with van der Waals surface area (Å²) in [4.78, 5) is 10.5. The predicted octanol–water partition coefficient (Wildman–Crippen LogP) is 0.465. The van der Waals surface area contributed by atoms with Crippen LogP contribution in [-0.4, -0.2) is 53.0 Å². The van der Waals surface area contributed by atoms with E-state index in [1.54, 1.807) is 0 Å². The van der Waals surface area contributed by atoms with Gasteiger partial charge in [0.1, 0.15) is 5.82 Å². The number of carboxylic acid groups (broad SMARTS) is 1. The van der Waals surface area contributed by atoms with Gasteiger partial charge in [-0.2, -0.15) is 0 Å². The molecule has 1 aromatic carbocycles. The second-order valence-electron chi connectivity index (χ2n) is 3.95. The molecule has 9 heteroatoms. The third kappa shape index (κ3) is 5.38. The van der Waals surface area contributed by atoms with E-state index in [4.69, 9.17) is 14.6 Å². The fourth-order valence-electron chi connectivity index (χ4n) is 1.41. The van der Waals surface area contributed by atoms with E-state index in [2.05, 4.69) is 4.72 Å². The molecule has 2 N–H and O–H groups in total. The SMILES string of the molecule is COCCOCCNS(=O)(=O)c1ccc(F)c(C(=O)O)c1. The average molecular weight is 321 g/mol. The van der Waals surface area contributed by atoms with Gasteiger partial charge in [0, 0.05) is 13.7 Å². The molecule has 0 aliphatic carbocycles. The van der Waals surface area contributed by atoms with Crippen LogP contribution in [0.25, 0.3) is 0 Å². The zero-order valence-electron chi connectivity index (χ0n) is 11.3. The first kappa shape index (κ1) is 17.5. The van der Waals surface area contributed by atoms with Crippen molar-refractivity contribution in [1.82, 2.24) is 4.72 Å². The smallest absolute Gasteiger partial charge is 0.338 e. The molecule has 0 heterocycles. The molecule has 1 aromatic rings. The van der Waals surface area contributed by atoms with Crippen LogP contribution in [0.2, 0.25) is 0 Å². The molecule has 0 aliphatic rings. The summed E-state index contributed by atoms with van der Waals surface area (Å²) < 4.78 is 49.1. The average Bonchev–Trinajstić information content (AvgIpc) is 2.42. The Balaban J connectivity index is 2.66. The van der Waals surface area contributed by atoms with Crippen molar-refractivity contribution in [2.45, 2.75) is 4.90 Å². The first-order valence-electron chi connectivity index (χ1n) is 5.97. The summed E-state index contributed by atoms with van der Waals surface area (Å²) in [6.45, 7) is 0.867. The van der Waals surface area contributed by atoms with E-state index >= 15 is 0 Å². The van der Waals surface area contributed by atoms with Gasteiger partial charge < -0.3 is 14.6 Å². The number of carbonyl (C=O) groups is 1. The fraction of sp³-hybridized carbons (Fsp3) is 0.417. The van der Waals surface area contributed by atoms with Crippen LogP contribution in [0.4, 0.5) is 4.39 Å². The van der Waals surface area contributed by atoms with Crippen molar-refractivity contribution in [2.24, 2.45) is 0 Å². The van der Waals surface area contributed by atoms with Gasteiger partial charge in [-0.25, -0.2) is 22.3 Å². The van der Waals surface area contributed by atoms with Crippen LogP contribution in [0.3, 0.4) is 0 Å². The van der Waals surface area contributed by atoms with Gasteiger partial charge in [-0.05, 0) is 18.2 Å². The molecule has 0 spiro atoms. The second-order valence-corrected chi connectivity index (χ2v) is 5.72. The van der Waals surface area contributed by atoms with E-state index in [1.807, 2.05) is 0 Å². The summed E-state index contributed by atoms with van der Waals surface area (Å²) in [6.07, 6.45) is 0. The highest BCUT2D eigenvalue weighted by atomic mass is 32.2. The van der Waals surface area contributed by atoms with Gasteiger partial charge >= 0.3 is 5.97 Å². The molecule has 0 aliphatic heterocycles. The second kappa shape index (κ2) is 8.03. The zero-order valence-corrected chi connectivity index (χ0v) is 12.2. The number of aromatic carboxylic acids is 1. The molecule has 0 saturated carbocycles. The van der Waals surface area contributed by atoms with Crippen molar-refractivity contribution in [1.29, 1.82) is 0 Å². The van der Waals surface area contributed by atoms with Crippen molar-refractivity contribution in [3.63, 3.8) is 0 Å². The molecule has 0 aromatic heterocycles. The Kier molecular flexibility index (Phi) is 6.69. The van der Waals surface area contributed by atoms with Crippen molar-refractivity contribution in [3.05, 3.63) is 29.6 Å². The molecule has 0 radical (unpaired) electrons. The number of benzene rings is 1. The minimum absolute atomic E-state index is 0.00578. The number of rotatable bonds is 9. The molecule has 7 nitrogen and oxygen atoms in total. The molecule has 0 unspecified atom stereocenters. The monoisotopic (exact) mass is 321 g/mol. The normalized spacial score (nSPS) is 11.5. The maximum absolute atomic E-state index is 13.2. The highest BCUT2D eigenvalue weighted by Gasteiger charge is 2.18. The highest BCUT2D eigenvalue weighted by Crippen LogP contribution is 2.15. The number of carboxylic acids is 1. The van der Waals surface area contributed by atoms with Gasteiger partial charge in [0.15, 0.2) is 0 Å². The van der Waals surface area contributed by atoms with Crippen molar-refractivity contribution in [2.75, 3.05) is 33.5 Å². The largest absolute Gasteiger partial charge is 0.478 e. The molecule has 0 saturated heterocycles. The zero-order chi connectivity index (χ0) is 15.9. The summed E-state index contributed by atoms with van der Waals surface area (Å²) in [5, 5.41) is 8.77. The van der Waals surface area contributed by atoms with Crippen LogP contribution in [0.1, 0.15) is 10.4 Å². The maximum Gasteiger partial charge on any atom is 0.338 e. The van der Waals surface area contributed by atoms with Crippen LogP contribution >= 0.6 is 0 Å². The van der Waals surface area contributed by atoms with Gasteiger partial charge in [-0.1, -0.05) is 0 Å². The van der Waals surface area contributed by atoms with Crippen LogP contribution in [0.5, 0.6) is 0 Å². The Morgan fingerprint density at radius 1 is 1.33 bits per heavy atom. The third-order valence-electron chi connectivity index (χ3n) is 2.45. The molecule has 0 atom stereocenters. The number of halogens is 1. The number of ether oxygens (including phenoxy) is 2. The van der Waals surface area contributed by atoms with Crippen LogP contribution in [0, 0.1) is 5.82 Å². The summed E-state index contributed by atoms with van der Waals surface area (Å²) in [5.41, 5.74) is -0.700. The molecule has 21 heavy (non-hydrogen) atoms. The predicted molar refractivity (Wildman–Crippen MR) is 71.2 cm³/mol. The van der Waals surface area contributed by atoms with E-state index in [0.717, 1.165) is 18.2 Å². The van der Waals surface area contributed by atoms with E-state index in [0.29, 0.717) is 13.2 Å². The number of hydrogen-bond donors (Lipinski definition) is 2. The molecule has 0 amide bonds. The molecule has 118 valence electrons. The molecule has 0 bridgehead atoms. The first-order chi connectivity index (χ1) is 9.88. The van der Waals surface area contributed by atoms with Crippen LogP contribution < -0.4 is 4.72 Å². The van der Waals surface area contributed by atoms with Gasteiger partial charge in [-0.3, -0.25) is 0 Å². The molecular formula is C12H16FNO6S. The quantitative estimate of drug-likeness (QED) is 0.641. The topological polar surface area (TPSA) is 102 Å². The lowest BCUT2D eigenvalue weighted by Crippen LogP contribution is -2.28. The van der Waals surface area contributed by atoms with E-state index in [-0.39, 0.29) is 18.0 Å². The first-order valence-corrected chi connectivity index (χ1v) is 7.46. The molecule has 1 rings (SSSR count). The molecule has 0 fully saturated rings. The van der Waals surface area contributed by atoms with Gasteiger partial charge in [0.05, 0.1) is 30.3 Å². The summed E-state index contributed by atoms with van der Waals surface area (Å²) >= 11 is 0. The van der Waals surface area contributed by atoms with Crippen molar-refractivity contribution in [3.8, 4) is 0 Å². The third-order valence-corrected chi connectivity index (χ3v) is 3.91. The Bertz CT molecular complexity index is 589. The standard InChI is InChI=1S/C12H16FNO6S/c1-19-6-7-20-5-4-14-21(17,18)9-2-3-11(13)10(8-9)12(15)16/h2-3,8,14H,4-7H2,1H3,(H,15,16). The number of sulfonamides is 1. The van der Waals surface area contributed by atoms with Crippen LogP contribution in [0.15, 0.2) is 23.1 Å². The Labute approximate surface area is 121 Å². The lowest BCUT2D eigenvalue weighted by molar-refractivity contribution is 0.0691. The Hall–Kier alpha value is -1.55. The summed E-state index contributed by atoms with van der Waals surface area (Å²) in [6, 6.07) is 2.56. The lowest BCUT2D eigenvalue weighted by Gasteiger charge is -2.08. The molecular weight excluding hydrogens is 305 g/mol. The number of hydrogen-bond acceptors (Lipinski definition) is 5. The van der Waals surface area contributed by atoms with E-state index in [1.165, 1.54) is 7.11 Å². The van der Waals surface area contributed by atoms with Crippen molar-refractivity contribution >= 4 is 16.0 Å². The fourth-order valence-corrected chi connectivity index (χ4v) is 2.45. The van der Waals surface area contributed by atoms with Gasteiger partial charge in [0.2, 0.25) is 10.0 Å². The Morgan fingerprint density at radius 2 is 2.05 bits per heavy atom. The summed E-state index contributed by atoms with van der Waals surface area (Å²) in [7, 11) is -2.40.